The Hall–Kier alpha value is -4.45. The topological polar surface area (TPSA) is 157 Å². The lowest BCUT2D eigenvalue weighted by molar-refractivity contribution is -0.385. The number of nitrogens with one attached hydrogen (secondary N) is 1. The van der Waals surface area contributed by atoms with Crippen molar-refractivity contribution in [2.24, 2.45) is 5.10 Å². The van der Waals surface area contributed by atoms with Crippen molar-refractivity contribution in [3.63, 3.8) is 0 Å². The van der Waals surface area contributed by atoms with E-state index in [2.05, 4.69) is 10.5 Å². The van der Waals surface area contributed by atoms with Gasteiger partial charge in [0.25, 0.3) is 11.6 Å². The highest BCUT2D eigenvalue weighted by Gasteiger charge is 2.23. The number of carbonyl (C=O) groups excluding carboxylic acids is 1. The van der Waals surface area contributed by atoms with Gasteiger partial charge in [0.2, 0.25) is 0 Å². The molecule has 1 amide bonds. The molecule has 0 atom stereocenters. The van der Waals surface area contributed by atoms with Gasteiger partial charge in [-0.15, -0.1) is 0 Å². The predicted octanol–water partition coefficient (Wildman–Crippen LogP) is 3.15. The Balaban J connectivity index is 1.76. The Labute approximate surface area is 194 Å². The fraction of sp³-hybridized carbons (Fsp3) is 0.0909. The van der Waals surface area contributed by atoms with Crippen molar-refractivity contribution in [1.82, 2.24) is 5.43 Å². The second-order valence-electron chi connectivity index (χ2n) is 6.90. The highest BCUT2D eigenvalue weighted by Crippen LogP contribution is 2.31. The zero-order valence-corrected chi connectivity index (χ0v) is 18.8. The van der Waals surface area contributed by atoms with E-state index in [0.717, 1.165) is 6.07 Å². The molecule has 0 saturated heterocycles. The Morgan fingerprint density at radius 1 is 1.09 bits per heavy atom. The molecule has 0 radical (unpaired) electrons. The molecule has 12 heteroatoms. The van der Waals surface area contributed by atoms with Crippen molar-refractivity contribution in [2.75, 3.05) is 7.11 Å². The van der Waals surface area contributed by atoms with Crippen LogP contribution in [0.3, 0.4) is 0 Å². The summed E-state index contributed by atoms with van der Waals surface area (Å²) in [6.45, 7) is 1.49. The number of hydrogen-bond donors (Lipinski definition) is 2. The Morgan fingerprint density at radius 2 is 1.79 bits per heavy atom. The van der Waals surface area contributed by atoms with Crippen LogP contribution >= 0.6 is 0 Å². The minimum atomic E-state index is -4.39. The number of phenols is 1. The number of rotatable bonds is 8. The number of benzene rings is 3. The molecule has 0 bridgehead atoms. The van der Waals surface area contributed by atoms with Crippen molar-refractivity contribution >= 4 is 27.9 Å². The van der Waals surface area contributed by atoms with Crippen molar-refractivity contribution in [3.8, 4) is 17.2 Å². The Bertz CT molecular complexity index is 1370. The maximum absolute atomic E-state index is 12.7. The summed E-state index contributed by atoms with van der Waals surface area (Å²) in [5.41, 5.74) is 3.03. The molecule has 11 nitrogen and oxygen atoms in total. The van der Waals surface area contributed by atoms with Gasteiger partial charge in [0.1, 0.15) is 10.6 Å². The zero-order chi connectivity index (χ0) is 24.9. The van der Waals surface area contributed by atoms with Crippen molar-refractivity contribution < 1.29 is 32.2 Å². The highest BCUT2D eigenvalue weighted by atomic mass is 32.2. The average Bonchev–Trinajstić information content (AvgIpc) is 2.80. The lowest BCUT2D eigenvalue weighted by Crippen LogP contribution is -2.17. The number of amides is 1. The maximum Gasteiger partial charge on any atom is 0.339 e. The van der Waals surface area contributed by atoms with Crippen LogP contribution in [0, 0.1) is 17.0 Å². The van der Waals surface area contributed by atoms with Crippen molar-refractivity contribution in [2.45, 2.75) is 11.8 Å². The number of ether oxygens (including phenoxy) is 1. The molecule has 3 aromatic rings. The van der Waals surface area contributed by atoms with Gasteiger partial charge >= 0.3 is 10.1 Å². The third-order valence-corrected chi connectivity index (χ3v) is 5.79. The number of nitro groups is 1. The Morgan fingerprint density at radius 3 is 2.44 bits per heavy atom. The molecule has 0 aliphatic rings. The molecule has 176 valence electrons. The fourth-order valence-corrected chi connectivity index (χ4v) is 3.74. The molecular formula is C22H19N3O8S. The standard InChI is InChI=1S/C22H19N3O8S/c1-14-3-9-18(12-19(14)25(28)29)34(30,31)33-20-10-4-15(11-21(20)32-2)13-23-24-22(27)16-5-7-17(26)8-6-16/h3-13,26H,1-2H3,(H,24,27). The number of hydrogen-bond acceptors (Lipinski definition) is 9. The first-order valence-electron chi connectivity index (χ1n) is 9.61. The van der Waals surface area contributed by atoms with Gasteiger partial charge < -0.3 is 14.0 Å². The number of phenolic OH excluding ortho intramolecular Hbond substituents is 1. The largest absolute Gasteiger partial charge is 0.508 e. The number of nitrogens with zero attached hydrogens (tertiary/aromatic N) is 2. The summed E-state index contributed by atoms with van der Waals surface area (Å²) in [6.07, 6.45) is 1.31. The molecule has 0 aromatic heterocycles. The van der Waals surface area contributed by atoms with E-state index in [0.29, 0.717) is 11.1 Å². The van der Waals surface area contributed by atoms with Crippen molar-refractivity contribution in [1.29, 1.82) is 0 Å². The second-order valence-corrected chi connectivity index (χ2v) is 8.45. The Kier molecular flexibility index (Phi) is 7.12. The van der Waals surface area contributed by atoms with E-state index in [9.17, 15) is 28.4 Å². The van der Waals surface area contributed by atoms with E-state index >= 15 is 0 Å². The van der Waals surface area contributed by atoms with E-state index in [1.54, 1.807) is 0 Å². The number of methoxy groups -OCH3 is 1. The summed E-state index contributed by atoms with van der Waals surface area (Å²) >= 11 is 0. The van der Waals surface area contributed by atoms with E-state index < -0.39 is 20.9 Å². The molecule has 0 unspecified atom stereocenters. The van der Waals surface area contributed by atoms with E-state index in [1.807, 2.05) is 0 Å². The molecule has 0 aliphatic carbocycles. The van der Waals surface area contributed by atoms with E-state index in [-0.39, 0.29) is 33.4 Å². The molecule has 3 rings (SSSR count). The highest BCUT2D eigenvalue weighted by molar-refractivity contribution is 7.87. The predicted molar refractivity (Wildman–Crippen MR) is 122 cm³/mol. The number of nitro benzene ring substituents is 1. The van der Waals surface area contributed by atoms with E-state index in [1.165, 1.54) is 74.8 Å². The maximum atomic E-state index is 12.7. The number of hydrazone groups is 1. The van der Waals surface area contributed by atoms with Crippen LogP contribution in [-0.2, 0) is 10.1 Å². The molecule has 0 spiro atoms. The minimum Gasteiger partial charge on any atom is -0.508 e. The smallest absolute Gasteiger partial charge is 0.339 e. The van der Waals surface area contributed by atoms with Crippen LogP contribution in [0.15, 0.2) is 70.7 Å². The number of aromatic hydroxyl groups is 1. The zero-order valence-electron chi connectivity index (χ0n) is 18.0. The van der Waals surface area contributed by atoms with Gasteiger partial charge in [0.15, 0.2) is 11.5 Å². The summed E-state index contributed by atoms with van der Waals surface area (Å²) in [5.74, 6) is -0.562. The molecule has 0 heterocycles. The first-order valence-corrected chi connectivity index (χ1v) is 11.0. The first-order chi connectivity index (χ1) is 16.1. The molecule has 2 N–H and O–H groups in total. The molecule has 0 fully saturated rings. The van der Waals surface area contributed by atoms with Gasteiger partial charge in [-0.25, -0.2) is 5.43 Å². The lowest BCUT2D eigenvalue weighted by atomic mass is 10.2. The van der Waals surface area contributed by atoms with Crippen LogP contribution in [0.4, 0.5) is 5.69 Å². The van der Waals surface area contributed by atoms with Crippen molar-refractivity contribution in [3.05, 3.63) is 87.5 Å². The van der Waals surface area contributed by atoms with Gasteiger partial charge in [0, 0.05) is 17.2 Å². The van der Waals surface area contributed by atoms with Gasteiger partial charge in [-0.3, -0.25) is 14.9 Å². The third-order valence-electron chi connectivity index (χ3n) is 4.56. The summed E-state index contributed by atoms with van der Waals surface area (Å²) in [7, 11) is -3.08. The lowest BCUT2D eigenvalue weighted by Gasteiger charge is -2.11. The van der Waals surface area contributed by atoms with Crippen LogP contribution in [0.1, 0.15) is 21.5 Å². The third kappa shape index (κ3) is 5.66. The first kappa shape index (κ1) is 24.2. The summed E-state index contributed by atoms with van der Waals surface area (Å²) in [4.78, 5) is 22.1. The molecule has 0 saturated carbocycles. The van der Waals surface area contributed by atoms with Crippen LogP contribution in [0.25, 0.3) is 0 Å². The van der Waals surface area contributed by atoms with Gasteiger partial charge in [0.05, 0.1) is 18.2 Å². The quantitative estimate of drug-likeness (QED) is 0.213. The summed E-state index contributed by atoms with van der Waals surface area (Å²) < 4.78 is 35.6. The molecule has 3 aromatic carbocycles. The second kappa shape index (κ2) is 10.0. The van der Waals surface area contributed by atoms with Crippen LogP contribution in [0.2, 0.25) is 0 Å². The summed E-state index contributed by atoms with van der Waals surface area (Å²) in [6, 6.07) is 13.3. The SMILES string of the molecule is COc1cc(C=NNC(=O)c2ccc(O)cc2)ccc1OS(=O)(=O)c1ccc(C)c([N+](=O)[O-])c1. The molecule has 34 heavy (non-hydrogen) atoms. The van der Waals surface area contributed by atoms with Gasteiger partial charge in [-0.1, -0.05) is 6.07 Å². The number of aryl methyl sites for hydroxylation is 1. The normalized spacial score (nSPS) is 11.2. The average molecular weight is 485 g/mol. The van der Waals surface area contributed by atoms with Gasteiger partial charge in [-0.05, 0) is 61.0 Å². The number of carbonyl (C=O) groups is 1. The van der Waals surface area contributed by atoms with Crippen LogP contribution in [-0.4, -0.2) is 37.7 Å². The van der Waals surface area contributed by atoms with Crippen LogP contribution in [0.5, 0.6) is 17.2 Å². The molecule has 0 aliphatic heterocycles. The van der Waals surface area contributed by atoms with Crippen LogP contribution < -0.4 is 14.3 Å². The fourth-order valence-electron chi connectivity index (χ4n) is 2.78. The van der Waals surface area contributed by atoms with E-state index in [4.69, 9.17) is 8.92 Å². The summed E-state index contributed by atoms with van der Waals surface area (Å²) in [5, 5.41) is 24.2. The minimum absolute atomic E-state index is 0.0251. The molecular weight excluding hydrogens is 466 g/mol. The van der Waals surface area contributed by atoms with Gasteiger partial charge in [-0.2, -0.15) is 13.5 Å². The monoisotopic (exact) mass is 485 g/mol.